The summed E-state index contributed by atoms with van der Waals surface area (Å²) in [5.74, 6) is -0.392. The van der Waals surface area contributed by atoms with Crippen LogP contribution in [0, 0.1) is 6.92 Å². The molecular formula is C15H19N3O2. The number of aryl methyl sites for hydroxylation is 2. The van der Waals surface area contributed by atoms with Gasteiger partial charge in [-0.15, -0.1) is 0 Å². The molecule has 2 rings (SSSR count). The van der Waals surface area contributed by atoms with E-state index < -0.39 is 12.0 Å². The van der Waals surface area contributed by atoms with Gasteiger partial charge < -0.3 is 10.5 Å². The van der Waals surface area contributed by atoms with E-state index in [1.807, 2.05) is 49.0 Å². The molecule has 0 aliphatic heterocycles. The van der Waals surface area contributed by atoms with Crippen molar-refractivity contribution in [3.8, 4) is 11.3 Å². The van der Waals surface area contributed by atoms with Gasteiger partial charge in [-0.3, -0.25) is 9.48 Å². The molecule has 5 heteroatoms. The molecule has 5 nitrogen and oxygen atoms in total. The van der Waals surface area contributed by atoms with Crippen molar-refractivity contribution in [2.24, 2.45) is 12.8 Å². The van der Waals surface area contributed by atoms with Crippen LogP contribution in [0.4, 0.5) is 0 Å². The quantitative estimate of drug-likeness (QED) is 0.856. The van der Waals surface area contributed by atoms with E-state index in [0.29, 0.717) is 6.42 Å². The van der Waals surface area contributed by atoms with Gasteiger partial charge in [0, 0.05) is 7.05 Å². The van der Waals surface area contributed by atoms with Crippen LogP contribution in [0.2, 0.25) is 0 Å². The largest absolute Gasteiger partial charge is 0.468 e. The van der Waals surface area contributed by atoms with Gasteiger partial charge in [0.2, 0.25) is 0 Å². The molecule has 0 spiro atoms. The van der Waals surface area contributed by atoms with Crippen LogP contribution in [0.15, 0.2) is 30.3 Å². The summed E-state index contributed by atoms with van der Waals surface area (Å²) in [5, 5.41) is 4.33. The molecule has 0 aliphatic carbocycles. The number of ether oxygens (including phenoxy) is 1. The summed E-state index contributed by atoms with van der Waals surface area (Å²) in [4.78, 5) is 11.3. The highest BCUT2D eigenvalue weighted by atomic mass is 16.5. The molecule has 2 aromatic rings. The lowest BCUT2D eigenvalue weighted by molar-refractivity contribution is -0.142. The minimum absolute atomic E-state index is 0.392. The molecule has 2 N–H and O–H groups in total. The van der Waals surface area contributed by atoms with Crippen LogP contribution in [0.5, 0.6) is 0 Å². The molecular weight excluding hydrogens is 254 g/mol. The van der Waals surface area contributed by atoms with Crippen molar-refractivity contribution in [1.29, 1.82) is 0 Å². The minimum Gasteiger partial charge on any atom is -0.468 e. The second kappa shape index (κ2) is 5.88. The maximum Gasteiger partial charge on any atom is 0.322 e. The third kappa shape index (κ3) is 3.05. The number of methoxy groups -OCH3 is 1. The second-order valence-electron chi connectivity index (χ2n) is 4.83. The molecule has 0 saturated heterocycles. The molecule has 1 aromatic heterocycles. The first kappa shape index (κ1) is 14.3. The molecule has 106 valence electrons. The highest BCUT2D eigenvalue weighted by Gasteiger charge is 2.14. The van der Waals surface area contributed by atoms with E-state index in [1.165, 1.54) is 7.11 Å². The van der Waals surface area contributed by atoms with Crippen LogP contribution in [0.1, 0.15) is 11.3 Å². The topological polar surface area (TPSA) is 70.1 Å². The molecule has 0 bridgehead atoms. The van der Waals surface area contributed by atoms with Crippen LogP contribution >= 0.6 is 0 Å². The lowest BCUT2D eigenvalue weighted by Crippen LogP contribution is -2.33. The summed E-state index contributed by atoms with van der Waals surface area (Å²) in [7, 11) is 3.26. The molecule has 0 radical (unpaired) electrons. The fourth-order valence-electron chi connectivity index (χ4n) is 2.18. The molecule has 1 aromatic carbocycles. The monoisotopic (exact) mass is 273 g/mol. The average Bonchev–Trinajstić information content (AvgIpc) is 2.77. The summed E-state index contributed by atoms with van der Waals surface area (Å²) in [5.41, 5.74) is 9.89. The highest BCUT2D eigenvalue weighted by molar-refractivity contribution is 5.75. The Balaban J connectivity index is 2.14. The van der Waals surface area contributed by atoms with Gasteiger partial charge in [-0.2, -0.15) is 5.10 Å². The first-order valence-electron chi connectivity index (χ1n) is 6.44. The number of rotatable bonds is 4. The number of nitrogens with two attached hydrogens (primary N) is 1. The zero-order chi connectivity index (χ0) is 14.7. The number of hydrogen-bond donors (Lipinski definition) is 1. The Morgan fingerprint density at radius 2 is 2.05 bits per heavy atom. The Morgan fingerprint density at radius 3 is 2.55 bits per heavy atom. The lowest BCUT2D eigenvalue weighted by Gasteiger charge is -2.09. The fourth-order valence-corrected chi connectivity index (χ4v) is 2.18. The maximum atomic E-state index is 11.3. The van der Waals surface area contributed by atoms with E-state index in [4.69, 9.17) is 5.73 Å². The van der Waals surface area contributed by atoms with Gasteiger partial charge in [-0.1, -0.05) is 24.3 Å². The van der Waals surface area contributed by atoms with Gasteiger partial charge in [-0.25, -0.2) is 0 Å². The standard InChI is InChI=1S/C15H19N3O2/c1-10-8-14(18(2)17-10)12-6-4-11(5-7-12)9-13(16)15(19)20-3/h4-8,13H,9,16H2,1-3H3. The van der Waals surface area contributed by atoms with Gasteiger partial charge in [-0.05, 0) is 30.5 Å². The van der Waals surface area contributed by atoms with Crippen molar-refractivity contribution in [1.82, 2.24) is 9.78 Å². The number of carbonyl (C=O) groups is 1. The van der Waals surface area contributed by atoms with Gasteiger partial charge >= 0.3 is 5.97 Å². The van der Waals surface area contributed by atoms with Gasteiger partial charge in [0.05, 0.1) is 18.5 Å². The summed E-state index contributed by atoms with van der Waals surface area (Å²) < 4.78 is 6.47. The zero-order valence-corrected chi connectivity index (χ0v) is 12.0. The molecule has 0 aliphatic rings. The Hall–Kier alpha value is -2.14. The fraction of sp³-hybridized carbons (Fsp3) is 0.333. The zero-order valence-electron chi connectivity index (χ0n) is 12.0. The van der Waals surface area contributed by atoms with Crippen LogP contribution < -0.4 is 5.73 Å². The van der Waals surface area contributed by atoms with Crippen molar-refractivity contribution < 1.29 is 9.53 Å². The van der Waals surface area contributed by atoms with Gasteiger partial charge in [0.1, 0.15) is 6.04 Å². The summed E-state index contributed by atoms with van der Waals surface area (Å²) in [6, 6.07) is 9.38. The van der Waals surface area contributed by atoms with Crippen molar-refractivity contribution in [3.05, 3.63) is 41.6 Å². The second-order valence-corrected chi connectivity index (χ2v) is 4.83. The van der Waals surface area contributed by atoms with Gasteiger partial charge in [0.25, 0.3) is 0 Å². The smallest absolute Gasteiger partial charge is 0.322 e. The Morgan fingerprint density at radius 1 is 1.40 bits per heavy atom. The summed E-state index contributed by atoms with van der Waals surface area (Å²) in [6.45, 7) is 1.97. The Bertz CT molecular complexity index is 602. The minimum atomic E-state index is -0.621. The number of nitrogens with zero attached hydrogens (tertiary/aromatic N) is 2. The van der Waals surface area contributed by atoms with Crippen molar-refractivity contribution in [3.63, 3.8) is 0 Å². The maximum absolute atomic E-state index is 11.3. The Labute approximate surface area is 118 Å². The number of hydrogen-bond acceptors (Lipinski definition) is 4. The SMILES string of the molecule is COC(=O)C(N)Cc1ccc(-c2cc(C)nn2C)cc1. The van der Waals surface area contributed by atoms with E-state index in [9.17, 15) is 4.79 Å². The summed E-state index contributed by atoms with van der Waals surface area (Å²) in [6.07, 6.45) is 0.470. The molecule has 0 saturated carbocycles. The molecule has 1 heterocycles. The van der Waals surface area contributed by atoms with E-state index in [1.54, 1.807) is 0 Å². The van der Waals surface area contributed by atoms with Gasteiger partial charge in [0.15, 0.2) is 0 Å². The summed E-state index contributed by atoms with van der Waals surface area (Å²) >= 11 is 0. The van der Waals surface area contributed by atoms with Crippen LogP contribution in [-0.2, 0) is 23.0 Å². The molecule has 1 atom stereocenters. The predicted molar refractivity (Wildman–Crippen MR) is 77.1 cm³/mol. The van der Waals surface area contributed by atoms with Crippen LogP contribution in [0.3, 0.4) is 0 Å². The predicted octanol–water partition coefficient (Wildman–Crippen LogP) is 1.44. The molecule has 0 amide bonds. The number of carbonyl (C=O) groups excluding carboxylic acids is 1. The van der Waals surface area contributed by atoms with E-state index in [-0.39, 0.29) is 0 Å². The van der Waals surface area contributed by atoms with Crippen molar-refractivity contribution >= 4 is 5.97 Å². The van der Waals surface area contributed by atoms with E-state index in [2.05, 4.69) is 9.84 Å². The third-order valence-electron chi connectivity index (χ3n) is 3.21. The molecule has 1 unspecified atom stereocenters. The number of benzene rings is 1. The molecule has 0 fully saturated rings. The first-order valence-corrected chi connectivity index (χ1v) is 6.44. The number of esters is 1. The van der Waals surface area contributed by atoms with Crippen LogP contribution in [0.25, 0.3) is 11.3 Å². The van der Waals surface area contributed by atoms with E-state index in [0.717, 1.165) is 22.5 Å². The lowest BCUT2D eigenvalue weighted by atomic mass is 10.0. The highest BCUT2D eigenvalue weighted by Crippen LogP contribution is 2.20. The normalized spacial score (nSPS) is 12.2. The third-order valence-corrected chi connectivity index (χ3v) is 3.21. The first-order chi connectivity index (χ1) is 9.51. The molecule has 20 heavy (non-hydrogen) atoms. The Kier molecular flexibility index (Phi) is 4.20. The number of aromatic nitrogens is 2. The average molecular weight is 273 g/mol. The van der Waals surface area contributed by atoms with Crippen molar-refractivity contribution in [2.45, 2.75) is 19.4 Å². The van der Waals surface area contributed by atoms with Crippen molar-refractivity contribution in [2.75, 3.05) is 7.11 Å². The van der Waals surface area contributed by atoms with Crippen LogP contribution in [-0.4, -0.2) is 28.9 Å². The van der Waals surface area contributed by atoms with E-state index >= 15 is 0 Å².